The number of carboxylic acid groups (broad SMARTS) is 1. The van der Waals surface area contributed by atoms with Gasteiger partial charge in [-0.25, -0.2) is 23.6 Å². The maximum Gasteiger partial charge on any atom is 0.351 e. The number of aliphatic carboxylic acids is 1. The van der Waals surface area contributed by atoms with E-state index in [-0.39, 0.29) is 41.8 Å². The van der Waals surface area contributed by atoms with E-state index in [9.17, 15) is 24.2 Å². The van der Waals surface area contributed by atoms with Gasteiger partial charge in [-0.1, -0.05) is 19.4 Å². The second-order valence-corrected chi connectivity index (χ2v) is 13.9. The molecule has 3 fully saturated rings. The first-order chi connectivity index (χ1) is 20.0. The highest BCUT2D eigenvalue weighted by Gasteiger charge is 2.71. The number of aromatic nitrogens is 3. The average Bonchev–Trinajstić information content (AvgIpc) is 3.63. The molecule has 0 unspecified atom stereocenters. The number of rotatable bonds is 4. The van der Waals surface area contributed by atoms with Crippen molar-refractivity contribution in [1.82, 2.24) is 14.8 Å². The SMILES string of the molecule is Cc1ncsc1C(=O)O[C@]1(C(=O)O)CC[C@H]2[C@@H]3CCC4=Cc5c(cnn5-c5ccc(F)cc5)C[C@]4(C)[C@H]3[C@@H](O)C[C@@]21C. The minimum atomic E-state index is -1.72. The van der Waals surface area contributed by atoms with Crippen LogP contribution in [0, 0.1) is 41.3 Å². The number of aliphatic hydroxyl groups is 1. The number of esters is 1. The Morgan fingerprint density at radius 3 is 2.64 bits per heavy atom. The van der Waals surface area contributed by atoms with Crippen LogP contribution in [0.4, 0.5) is 4.39 Å². The topological polar surface area (TPSA) is 115 Å². The zero-order chi connectivity index (χ0) is 29.6. The number of hydrogen-bond acceptors (Lipinski definition) is 7. The fourth-order valence-corrected chi connectivity index (χ4v) is 9.90. The first kappa shape index (κ1) is 27.5. The van der Waals surface area contributed by atoms with Gasteiger partial charge < -0.3 is 14.9 Å². The molecular formula is C32H34FN3O5S. The number of halogens is 1. The predicted octanol–water partition coefficient (Wildman–Crippen LogP) is 5.61. The van der Waals surface area contributed by atoms with Crippen molar-refractivity contribution in [3.05, 3.63) is 69.2 Å². The molecule has 0 bridgehead atoms. The van der Waals surface area contributed by atoms with Crippen LogP contribution < -0.4 is 0 Å². The molecule has 0 radical (unpaired) electrons. The Balaban J connectivity index is 1.22. The number of carboxylic acids is 1. The molecule has 3 saturated carbocycles. The van der Waals surface area contributed by atoms with Crippen molar-refractivity contribution in [2.75, 3.05) is 0 Å². The molecule has 7 rings (SSSR count). The molecule has 0 aliphatic heterocycles. The molecule has 0 spiro atoms. The zero-order valence-corrected chi connectivity index (χ0v) is 24.7. The lowest BCUT2D eigenvalue weighted by molar-refractivity contribution is -0.194. The van der Waals surface area contributed by atoms with Gasteiger partial charge in [0.25, 0.3) is 0 Å². The fourth-order valence-electron chi connectivity index (χ4n) is 9.23. The van der Waals surface area contributed by atoms with Crippen LogP contribution in [0.15, 0.2) is 41.5 Å². The number of allylic oxidation sites excluding steroid dienone is 1. The first-order valence-electron chi connectivity index (χ1n) is 14.6. The van der Waals surface area contributed by atoms with Crippen LogP contribution in [0.1, 0.15) is 72.6 Å². The third kappa shape index (κ3) is 3.67. The first-order valence-corrected chi connectivity index (χ1v) is 15.5. The molecule has 42 heavy (non-hydrogen) atoms. The van der Waals surface area contributed by atoms with Gasteiger partial charge in [0.15, 0.2) is 0 Å². The summed E-state index contributed by atoms with van der Waals surface area (Å²) >= 11 is 1.15. The van der Waals surface area contributed by atoms with Gasteiger partial charge in [-0.15, -0.1) is 11.3 Å². The summed E-state index contributed by atoms with van der Waals surface area (Å²) in [6, 6.07) is 6.29. The number of carbonyl (C=O) groups is 2. The molecule has 2 heterocycles. The minimum Gasteiger partial charge on any atom is -0.478 e. The van der Waals surface area contributed by atoms with Gasteiger partial charge in [0, 0.05) is 5.41 Å². The quantitative estimate of drug-likeness (QED) is 0.379. The van der Waals surface area contributed by atoms with Crippen molar-refractivity contribution in [1.29, 1.82) is 0 Å². The van der Waals surface area contributed by atoms with Gasteiger partial charge >= 0.3 is 11.9 Å². The van der Waals surface area contributed by atoms with Crippen molar-refractivity contribution in [3.63, 3.8) is 0 Å². The van der Waals surface area contributed by atoms with E-state index in [2.05, 4.69) is 23.1 Å². The van der Waals surface area contributed by atoms with Crippen molar-refractivity contribution in [2.24, 2.45) is 28.6 Å². The highest BCUT2D eigenvalue weighted by molar-refractivity contribution is 7.11. The van der Waals surface area contributed by atoms with Crippen molar-refractivity contribution < 1.29 is 28.9 Å². The Kier molecular flexibility index (Phi) is 6.09. The summed E-state index contributed by atoms with van der Waals surface area (Å²) < 4.78 is 21.4. The number of aliphatic hydroxyl groups excluding tert-OH is 1. The van der Waals surface area contributed by atoms with Crippen LogP contribution >= 0.6 is 11.3 Å². The van der Waals surface area contributed by atoms with Crippen LogP contribution in [0.3, 0.4) is 0 Å². The van der Waals surface area contributed by atoms with Crippen LogP contribution in [0.2, 0.25) is 0 Å². The molecule has 2 N–H and O–H groups in total. The van der Waals surface area contributed by atoms with Gasteiger partial charge in [0.05, 0.1) is 34.9 Å². The standard InChI is InChI=1S/C32H34FN3O5S/c1-17-27(42-16-34-17)28(38)41-32(29(39)40)11-10-23-22-9-4-19-12-24-18(15-35-36(24)21-7-5-20(33)6-8-21)13-30(19,2)26(22)25(37)14-31(23,32)3/h5-8,12,15-16,22-23,25-26,37H,4,9-11,13-14H2,1-3H3,(H,39,40)/t22-,23-,25-,26+,30-,31-,32-/m0/s1. The van der Waals surface area contributed by atoms with Gasteiger partial charge in [-0.05, 0) is 105 Å². The van der Waals surface area contributed by atoms with Crippen LogP contribution in [0.25, 0.3) is 11.8 Å². The third-order valence-corrected chi connectivity index (χ3v) is 12.1. The minimum absolute atomic E-state index is 0.0148. The lowest BCUT2D eigenvalue weighted by Crippen LogP contribution is -2.63. The number of aryl methyl sites for hydroxylation is 1. The van der Waals surface area contributed by atoms with E-state index in [1.165, 1.54) is 17.7 Å². The maximum atomic E-state index is 13.6. The van der Waals surface area contributed by atoms with Gasteiger partial charge in [-0.2, -0.15) is 5.10 Å². The van der Waals surface area contributed by atoms with Crippen molar-refractivity contribution in [2.45, 2.75) is 71.0 Å². The van der Waals surface area contributed by atoms with Crippen molar-refractivity contribution >= 4 is 29.4 Å². The lowest BCUT2D eigenvalue weighted by atomic mass is 9.45. The molecule has 4 aliphatic carbocycles. The number of nitrogens with zero attached hydrogens (tertiary/aromatic N) is 3. The number of fused-ring (bicyclic) bond motifs is 6. The highest BCUT2D eigenvalue weighted by atomic mass is 32.1. The summed E-state index contributed by atoms with van der Waals surface area (Å²) in [5.74, 6) is -2.10. The van der Waals surface area contributed by atoms with E-state index in [1.807, 2.05) is 17.8 Å². The molecule has 0 saturated heterocycles. The Labute approximate surface area is 247 Å². The normalized spacial score (nSPS) is 34.9. The van der Waals surface area contributed by atoms with E-state index in [0.29, 0.717) is 23.4 Å². The van der Waals surface area contributed by atoms with E-state index in [0.717, 1.165) is 41.1 Å². The number of carbonyl (C=O) groups excluding carboxylic acids is 1. The molecule has 2 aromatic heterocycles. The monoisotopic (exact) mass is 591 g/mol. The molecule has 3 aromatic rings. The predicted molar refractivity (Wildman–Crippen MR) is 154 cm³/mol. The van der Waals surface area contributed by atoms with Crippen molar-refractivity contribution in [3.8, 4) is 5.69 Å². The fraction of sp³-hybridized carbons (Fsp3) is 0.500. The third-order valence-electron chi connectivity index (χ3n) is 11.2. The average molecular weight is 592 g/mol. The summed E-state index contributed by atoms with van der Waals surface area (Å²) in [5, 5.41) is 27.2. The second-order valence-electron chi connectivity index (χ2n) is 13.1. The largest absolute Gasteiger partial charge is 0.478 e. The Bertz CT molecular complexity index is 1630. The maximum absolute atomic E-state index is 13.6. The Morgan fingerprint density at radius 1 is 1.19 bits per heavy atom. The smallest absolute Gasteiger partial charge is 0.351 e. The molecule has 220 valence electrons. The van der Waals surface area contributed by atoms with Gasteiger partial charge in [0.2, 0.25) is 5.60 Å². The number of hydrogen-bond donors (Lipinski definition) is 2. The van der Waals surface area contributed by atoms with Gasteiger partial charge in [-0.3, -0.25) is 0 Å². The number of thiazole rings is 1. The molecule has 7 atom stereocenters. The summed E-state index contributed by atoms with van der Waals surface area (Å²) in [4.78, 5) is 30.7. The summed E-state index contributed by atoms with van der Waals surface area (Å²) in [6.07, 6.45) is 6.73. The summed E-state index contributed by atoms with van der Waals surface area (Å²) in [6.45, 7) is 5.84. The summed E-state index contributed by atoms with van der Waals surface area (Å²) in [7, 11) is 0. The molecule has 1 aromatic carbocycles. The molecule has 8 nitrogen and oxygen atoms in total. The van der Waals surface area contributed by atoms with E-state index in [4.69, 9.17) is 4.74 Å². The zero-order valence-electron chi connectivity index (χ0n) is 23.8. The van der Waals surface area contributed by atoms with E-state index in [1.54, 1.807) is 24.6 Å². The van der Waals surface area contributed by atoms with Crippen LogP contribution in [-0.2, 0) is 16.0 Å². The molecular weight excluding hydrogens is 557 g/mol. The number of benzene rings is 1. The Hall–Kier alpha value is -3.37. The molecule has 10 heteroatoms. The Morgan fingerprint density at radius 2 is 1.95 bits per heavy atom. The van der Waals surface area contributed by atoms with E-state index < -0.39 is 29.1 Å². The lowest BCUT2D eigenvalue weighted by Gasteiger charge is -2.60. The molecule has 4 aliphatic rings. The summed E-state index contributed by atoms with van der Waals surface area (Å²) in [5.41, 5.74) is 3.23. The highest BCUT2D eigenvalue weighted by Crippen LogP contribution is 2.68. The number of ether oxygens (including phenoxy) is 1. The van der Waals surface area contributed by atoms with Gasteiger partial charge in [0.1, 0.15) is 10.7 Å². The van der Waals surface area contributed by atoms with E-state index >= 15 is 0 Å². The second kappa shape index (κ2) is 9.31. The van der Waals surface area contributed by atoms with Crippen LogP contribution in [0.5, 0.6) is 0 Å². The van der Waals surface area contributed by atoms with Crippen LogP contribution in [-0.4, -0.2) is 48.6 Å². The molecule has 0 amide bonds.